The summed E-state index contributed by atoms with van der Waals surface area (Å²) in [5.74, 6) is -0.451. The van der Waals surface area contributed by atoms with Crippen LogP contribution in [0.5, 0.6) is 5.88 Å². The molecule has 0 radical (unpaired) electrons. The number of nitrogens with one attached hydrogen (secondary N) is 1. The number of halogens is 2. The lowest BCUT2D eigenvalue weighted by molar-refractivity contribution is -0.111. The predicted octanol–water partition coefficient (Wildman–Crippen LogP) is 1.14. The fraction of sp³-hybridized carbons (Fsp3) is 0.429. The molecule has 1 aromatic rings. The number of hydrogen-bond donors (Lipinski definition) is 2. The van der Waals surface area contributed by atoms with Crippen LogP contribution in [0, 0.1) is 0 Å². The maximum absolute atomic E-state index is 12.5. The molecule has 7 nitrogen and oxygen atoms in total. The lowest BCUT2D eigenvalue weighted by Crippen LogP contribution is -2.45. The van der Waals surface area contributed by atoms with E-state index in [-0.39, 0.29) is 11.6 Å². The molecule has 9 heteroatoms. The molecule has 1 fully saturated rings. The van der Waals surface area contributed by atoms with Crippen molar-refractivity contribution in [2.45, 2.75) is 6.61 Å². The molecule has 23 heavy (non-hydrogen) atoms. The summed E-state index contributed by atoms with van der Waals surface area (Å²) in [4.78, 5) is 19.7. The second-order valence-electron chi connectivity index (χ2n) is 5.12. The summed E-state index contributed by atoms with van der Waals surface area (Å²) in [6, 6.07) is 1.36. The number of hydrogen-bond acceptors (Lipinski definition) is 6. The zero-order chi connectivity index (χ0) is 17.0. The molecular formula is C14H19F2N5O2. The number of alkyl halides is 2. The number of pyridine rings is 1. The van der Waals surface area contributed by atoms with Crippen molar-refractivity contribution in [3.05, 3.63) is 18.7 Å². The number of carbonyl (C=O) groups is 1. The Morgan fingerprint density at radius 2 is 2.13 bits per heavy atom. The molecule has 0 bridgehead atoms. The topological polar surface area (TPSA) is 83.7 Å². The molecule has 126 valence electrons. The summed E-state index contributed by atoms with van der Waals surface area (Å²) in [6.07, 6.45) is 1.10. The molecule has 0 unspecified atom stereocenters. The highest BCUT2D eigenvalue weighted by Crippen LogP contribution is 2.33. The molecule has 1 aliphatic rings. The molecule has 1 saturated heterocycles. The molecule has 0 atom stereocenters. The van der Waals surface area contributed by atoms with Crippen molar-refractivity contribution in [2.24, 2.45) is 0 Å². The molecule has 0 aromatic carbocycles. The highest BCUT2D eigenvalue weighted by molar-refractivity contribution is 6.01. The third-order valence-corrected chi connectivity index (χ3v) is 3.44. The van der Waals surface area contributed by atoms with E-state index >= 15 is 0 Å². The van der Waals surface area contributed by atoms with Crippen LogP contribution in [-0.2, 0) is 4.79 Å². The van der Waals surface area contributed by atoms with Gasteiger partial charge in [0.2, 0.25) is 11.8 Å². The number of rotatable bonds is 5. The summed E-state index contributed by atoms with van der Waals surface area (Å²) in [5.41, 5.74) is 5.93. The van der Waals surface area contributed by atoms with Gasteiger partial charge < -0.3 is 25.6 Å². The minimum absolute atomic E-state index is 0.0810. The first-order valence-corrected chi connectivity index (χ1v) is 7.03. The fourth-order valence-electron chi connectivity index (χ4n) is 2.22. The van der Waals surface area contributed by atoms with Crippen molar-refractivity contribution in [1.82, 2.24) is 9.88 Å². The van der Waals surface area contributed by atoms with Crippen LogP contribution in [0.15, 0.2) is 18.7 Å². The average Bonchev–Trinajstić information content (AvgIpc) is 2.50. The predicted molar refractivity (Wildman–Crippen MR) is 83.8 cm³/mol. The van der Waals surface area contributed by atoms with Gasteiger partial charge in [0.1, 0.15) is 0 Å². The normalized spacial score (nSPS) is 15.6. The number of carbonyl (C=O) groups excluding carboxylic acids is 1. The van der Waals surface area contributed by atoms with E-state index in [1.807, 2.05) is 11.9 Å². The maximum atomic E-state index is 12.5. The molecule has 2 rings (SSSR count). The summed E-state index contributed by atoms with van der Waals surface area (Å²) < 4.78 is 29.3. The Morgan fingerprint density at radius 1 is 1.48 bits per heavy atom. The number of nitrogen functional groups attached to an aromatic ring is 1. The van der Waals surface area contributed by atoms with Crippen molar-refractivity contribution < 1.29 is 18.3 Å². The largest absolute Gasteiger partial charge is 0.415 e. The summed E-state index contributed by atoms with van der Waals surface area (Å²) in [5, 5.41) is 2.59. The number of nitrogens with two attached hydrogens (primary N) is 1. The van der Waals surface area contributed by atoms with E-state index in [9.17, 15) is 13.6 Å². The van der Waals surface area contributed by atoms with Crippen LogP contribution in [0.1, 0.15) is 0 Å². The Hall–Kier alpha value is -2.42. The quantitative estimate of drug-likeness (QED) is 0.789. The summed E-state index contributed by atoms with van der Waals surface area (Å²) >= 11 is 0. The highest BCUT2D eigenvalue weighted by atomic mass is 19.3. The van der Waals surface area contributed by atoms with Crippen molar-refractivity contribution in [2.75, 3.05) is 49.2 Å². The minimum atomic E-state index is -3.03. The molecule has 0 spiro atoms. The fourth-order valence-corrected chi connectivity index (χ4v) is 2.22. The molecular weight excluding hydrogens is 308 g/mol. The van der Waals surface area contributed by atoms with Gasteiger partial charge in [-0.2, -0.15) is 13.8 Å². The molecule has 3 N–H and O–H groups in total. The van der Waals surface area contributed by atoms with Crippen LogP contribution in [0.2, 0.25) is 0 Å². The van der Waals surface area contributed by atoms with Gasteiger partial charge >= 0.3 is 6.61 Å². The standard InChI is InChI=1S/C14H19F2N5O2/c1-3-11(22)18-10-8-9(17)13(23-14(15)16)19-12(10)21-6-4-20(2)5-7-21/h3,8,14H,1,4-7,17H2,2H3,(H,18,22). The Balaban J connectivity index is 2.37. The van der Waals surface area contributed by atoms with Crippen molar-refractivity contribution >= 4 is 23.1 Å². The van der Waals surface area contributed by atoms with Gasteiger partial charge in [0.05, 0.1) is 11.4 Å². The zero-order valence-electron chi connectivity index (χ0n) is 12.8. The van der Waals surface area contributed by atoms with Crippen LogP contribution >= 0.6 is 0 Å². The third kappa shape index (κ3) is 4.28. The van der Waals surface area contributed by atoms with Gasteiger partial charge in [-0.05, 0) is 19.2 Å². The molecule has 0 aliphatic carbocycles. The molecule has 1 aromatic heterocycles. The van der Waals surface area contributed by atoms with Gasteiger partial charge in [-0.1, -0.05) is 6.58 Å². The van der Waals surface area contributed by atoms with Crippen LogP contribution < -0.4 is 20.7 Å². The van der Waals surface area contributed by atoms with Gasteiger partial charge in [-0.15, -0.1) is 0 Å². The van der Waals surface area contributed by atoms with Gasteiger partial charge in [0.15, 0.2) is 5.82 Å². The number of ether oxygens (including phenoxy) is 1. The van der Waals surface area contributed by atoms with E-state index in [1.54, 1.807) is 0 Å². The van der Waals surface area contributed by atoms with Crippen molar-refractivity contribution in [1.29, 1.82) is 0 Å². The average molecular weight is 327 g/mol. The first kappa shape index (κ1) is 16.9. The lowest BCUT2D eigenvalue weighted by atomic mass is 10.2. The third-order valence-electron chi connectivity index (χ3n) is 3.44. The number of nitrogens with zero attached hydrogens (tertiary/aromatic N) is 3. The first-order valence-electron chi connectivity index (χ1n) is 7.03. The summed E-state index contributed by atoms with van der Waals surface area (Å²) in [7, 11) is 1.99. The smallest absolute Gasteiger partial charge is 0.388 e. The van der Waals surface area contributed by atoms with E-state index in [0.717, 1.165) is 19.2 Å². The molecule has 1 aliphatic heterocycles. The van der Waals surface area contributed by atoms with Gasteiger partial charge in [-0.25, -0.2) is 0 Å². The first-order chi connectivity index (χ1) is 10.9. The Labute approximate surface area is 132 Å². The van der Waals surface area contributed by atoms with Gasteiger partial charge in [-0.3, -0.25) is 4.79 Å². The van der Waals surface area contributed by atoms with Crippen molar-refractivity contribution in [3.63, 3.8) is 0 Å². The number of aromatic nitrogens is 1. The van der Waals surface area contributed by atoms with Crippen LogP contribution in [0.3, 0.4) is 0 Å². The van der Waals surface area contributed by atoms with E-state index in [0.29, 0.717) is 24.6 Å². The van der Waals surface area contributed by atoms with Gasteiger partial charge in [0, 0.05) is 26.2 Å². The Kier molecular flexibility index (Phi) is 5.32. The zero-order valence-corrected chi connectivity index (χ0v) is 12.8. The van der Waals surface area contributed by atoms with E-state index in [4.69, 9.17) is 5.73 Å². The number of amides is 1. The second-order valence-corrected chi connectivity index (χ2v) is 5.12. The van der Waals surface area contributed by atoms with E-state index in [2.05, 4.69) is 26.5 Å². The highest BCUT2D eigenvalue weighted by Gasteiger charge is 2.22. The van der Waals surface area contributed by atoms with E-state index < -0.39 is 12.5 Å². The Morgan fingerprint density at radius 3 is 2.70 bits per heavy atom. The number of likely N-dealkylation sites (N-methyl/N-ethyl adjacent to an activating group) is 1. The van der Waals surface area contributed by atoms with E-state index in [1.165, 1.54) is 6.07 Å². The summed E-state index contributed by atoms with van der Waals surface area (Å²) in [6.45, 7) is 3.19. The molecule has 2 heterocycles. The number of anilines is 3. The monoisotopic (exact) mass is 327 g/mol. The van der Waals surface area contributed by atoms with Gasteiger partial charge in [0.25, 0.3) is 0 Å². The SMILES string of the molecule is C=CC(=O)Nc1cc(N)c(OC(F)F)nc1N1CCN(C)CC1. The number of piperazine rings is 1. The molecule has 0 saturated carbocycles. The second kappa shape index (κ2) is 7.23. The van der Waals surface area contributed by atoms with Crippen LogP contribution in [0.25, 0.3) is 0 Å². The van der Waals surface area contributed by atoms with Crippen LogP contribution in [-0.4, -0.2) is 55.6 Å². The maximum Gasteiger partial charge on any atom is 0.388 e. The Bertz CT molecular complexity index is 589. The minimum Gasteiger partial charge on any atom is -0.415 e. The lowest BCUT2D eigenvalue weighted by Gasteiger charge is -2.34. The molecule has 1 amide bonds. The van der Waals surface area contributed by atoms with Crippen LogP contribution in [0.4, 0.5) is 26.0 Å². The van der Waals surface area contributed by atoms with Crippen molar-refractivity contribution in [3.8, 4) is 5.88 Å².